The van der Waals surface area contributed by atoms with Crippen molar-refractivity contribution in [2.24, 2.45) is 5.92 Å². The lowest BCUT2D eigenvalue weighted by atomic mass is 9.77. The smallest absolute Gasteiger partial charge is 0.417 e. The third-order valence-electron chi connectivity index (χ3n) is 6.11. The minimum Gasteiger partial charge on any atom is -0.481 e. The quantitative estimate of drug-likeness (QED) is 0.435. The molecule has 0 atom stereocenters. The van der Waals surface area contributed by atoms with E-state index in [-0.39, 0.29) is 12.3 Å². The van der Waals surface area contributed by atoms with Crippen molar-refractivity contribution in [3.05, 3.63) is 72.1 Å². The molecule has 0 saturated heterocycles. The summed E-state index contributed by atoms with van der Waals surface area (Å²) in [7, 11) is 0. The van der Waals surface area contributed by atoms with Gasteiger partial charge < -0.3 is 10.4 Å². The number of carboxylic acids is 1. The van der Waals surface area contributed by atoms with Crippen molar-refractivity contribution in [2.45, 2.75) is 44.2 Å². The molecule has 2 aromatic heterocycles. The van der Waals surface area contributed by atoms with Gasteiger partial charge in [-0.2, -0.15) is 13.2 Å². The van der Waals surface area contributed by atoms with E-state index in [4.69, 9.17) is 5.11 Å². The summed E-state index contributed by atoms with van der Waals surface area (Å²) < 4.78 is 37.9. The number of aromatic nitrogens is 2. The molecule has 0 amide bonds. The molecule has 0 unspecified atom stereocenters. The van der Waals surface area contributed by atoms with Crippen LogP contribution in [0.15, 0.2) is 60.9 Å². The molecule has 33 heavy (non-hydrogen) atoms. The minimum absolute atomic E-state index is 0.261. The minimum atomic E-state index is -4.41. The Labute approximate surface area is 189 Å². The number of hydrogen-bond donors (Lipinski definition) is 2. The van der Waals surface area contributed by atoms with Gasteiger partial charge in [0.1, 0.15) is 5.82 Å². The molecule has 5 nitrogen and oxygen atoms in total. The van der Waals surface area contributed by atoms with Gasteiger partial charge in [0, 0.05) is 18.2 Å². The van der Waals surface area contributed by atoms with Crippen LogP contribution >= 0.6 is 0 Å². The molecule has 2 heterocycles. The third-order valence-corrected chi connectivity index (χ3v) is 6.11. The molecule has 0 spiro atoms. The molecular formula is C25H24F3N3O2. The van der Waals surface area contributed by atoms with E-state index in [2.05, 4.69) is 27.4 Å². The van der Waals surface area contributed by atoms with E-state index in [1.165, 1.54) is 11.6 Å². The molecule has 0 aliphatic heterocycles. The summed E-state index contributed by atoms with van der Waals surface area (Å²) in [6.45, 7) is 0. The second kappa shape index (κ2) is 9.60. The van der Waals surface area contributed by atoms with Crippen molar-refractivity contribution in [3.8, 4) is 11.3 Å². The number of carboxylic acid groups (broad SMARTS) is 1. The number of rotatable bonds is 6. The van der Waals surface area contributed by atoms with Crippen LogP contribution in [0.3, 0.4) is 0 Å². The van der Waals surface area contributed by atoms with E-state index in [1.54, 1.807) is 12.3 Å². The zero-order valence-electron chi connectivity index (χ0n) is 17.8. The number of aliphatic carboxylic acids is 1. The summed E-state index contributed by atoms with van der Waals surface area (Å²) in [5.41, 5.74) is 2.85. The monoisotopic (exact) mass is 455 g/mol. The number of alkyl halides is 3. The van der Waals surface area contributed by atoms with Crippen LogP contribution in [0.25, 0.3) is 11.3 Å². The van der Waals surface area contributed by atoms with Crippen molar-refractivity contribution in [1.82, 2.24) is 9.97 Å². The van der Waals surface area contributed by atoms with Gasteiger partial charge >= 0.3 is 12.1 Å². The topological polar surface area (TPSA) is 75.1 Å². The van der Waals surface area contributed by atoms with E-state index in [1.807, 2.05) is 18.2 Å². The SMILES string of the molecule is O=C(O)CC1CCC(c2ccc(-c3ccc(Nc4ccc(C(F)(F)F)cn4)cn3)cc2)CC1. The number of hydrogen-bond acceptors (Lipinski definition) is 4. The number of benzene rings is 1. The Kier molecular flexibility index (Phi) is 6.62. The molecule has 0 radical (unpaired) electrons. The molecule has 1 fully saturated rings. The Morgan fingerprint density at radius 2 is 1.67 bits per heavy atom. The Bertz CT molecular complexity index is 1070. The summed E-state index contributed by atoms with van der Waals surface area (Å²) in [5.74, 6) is 0.333. The Morgan fingerprint density at radius 3 is 2.21 bits per heavy atom. The van der Waals surface area contributed by atoms with Crippen molar-refractivity contribution in [3.63, 3.8) is 0 Å². The van der Waals surface area contributed by atoms with Gasteiger partial charge in [-0.05, 0) is 67.3 Å². The first-order valence-electron chi connectivity index (χ1n) is 10.9. The first-order valence-corrected chi connectivity index (χ1v) is 10.9. The van der Waals surface area contributed by atoms with Crippen LogP contribution < -0.4 is 5.32 Å². The molecule has 172 valence electrons. The van der Waals surface area contributed by atoms with Crippen LogP contribution in [0.2, 0.25) is 0 Å². The number of anilines is 2. The predicted octanol–water partition coefficient (Wildman–Crippen LogP) is 6.65. The number of pyridine rings is 2. The van der Waals surface area contributed by atoms with Gasteiger partial charge in [-0.25, -0.2) is 4.98 Å². The molecule has 8 heteroatoms. The standard InChI is InChI=1S/C25H24F3N3O2/c26-25(27,28)20-9-12-23(30-14-20)31-21-10-11-22(29-15-21)19-7-5-18(6-8-19)17-3-1-16(2-4-17)13-24(32)33/h5-12,14-17H,1-4,13H2,(H,30,31)(H,32,33). The Morgan fingerprint density at radius 1 is 0.939 bits per heavy atom. The van der Waals surface area contributed by atoms with E-state index < -0.39 is 17.7 Å². The van der Waals surface area contributed by atoms with Crippen LogP contribution in [-0.2, 0) is 11.0 Å². The average Bonchev–Trinajstić information content (AvgIpc) is 2.80. The maximum absolute atomic E-state index is 12.6. The molecular weight excluding hydrogens is 431 g/mol. The van der Waals surface area contributed by atoms with Gasteiger partial charge in [0.15, 0.2) is 0 Å². The molecule has 3 aromatic rings. The van der Waals surface area contributed by atoms with Crippen LogP contribution in [0.5, 0.6) is 0 Å². The highest BCUT2D eigenvalue weighted by Gasteiger charge is 2.30. The zero-order valence-corrected chi connectivity index (χ0v) is 17.8. The van der Waals surface area contributed by atoms with E-state index in [0.29, 0.717) is 17.4 Å². The van der Waals surface area contributed by atoms with E-state index >= 15 is 0 Å². The summed E-state index contributed by atoms with van der Waals surface area (Å²) >= 11 is 0. The highest BCUT2D eigenvalue weighted by molar-refractivity contribution is 5.67. The van der Waals surface area contributed by atoms with Crippen LogP contribution in [0.1, 0.15) is 49.1 Å². The summed E-state index contributed by atoms with van der Waals surface area (Å²) in [5, 5.41) is 11.9. The number of carbonyl (C=O) groups is 1. The van der Waals surface area contributed by atoms with Crippen molar-refractivity contribution >= 4 is 17.5 Å². The molecule has 1 aromatic carbocycles. The Hall–Kier alpha value is -3.42. The van der Waals surface area contributed by atoms with E-state index in [0.717, 1.165) is 49.2 Å². The second-order valence-corrected chi connectivity index (χ2v) is 8.42. The lowest BCUT2D eigenvalue weighted by Crippen LogP contribution is -2.16. The lowest BCUT2D eigenvalue weighted by Gasteiger charge is -2.28. The molecule has 0 bridgehead atoms. The van der Waals surface area contributed by atoms with Gasteiger partial charge in [0.05, 0.1) is 23.1 Å². The largest absolute Gasteiger partial charge is 0.481 e. The maximum Gasteiger partial charge on any atom is 0.417 e. The predicted molar refractivity (Wildman–Crippen MR) is 119 cm³/mol. The summed E-state index contributed by atoms with van der Waals surface area (Å²) in [6.07, 6.45) is 2.17. The number of nitrogens with zero attached hydrogens (tertiary/aromatic N) is 2. The van der Waals surface area contributed by atoms with Crippen LogP contribution in [-0.4, -0.2) is 21.0 Å². The number of halogens is 3. The zero-order chi connectivity index (χ0) is 23.4. The molecule has 1 saturated carbocycles. The Balaban J connectivity index is 1.36. The van der Waals surface area contributed by atoms with Gasteiger partial charge in [0.25, 0.3) is 0 Å². The van der Waals surface area contributed by atoms with Gasteiger partial charge in [-0.15, -0.1) is 0 Å². The molecule has 2 N–H and O–H groups in total. The van der Waals surface area contributed by atoms with Gasteiger partial charge in [0.2, 0.25) is 0 Å². The van der Waals surface area contributed by atoms with Crippen LogP contribution in [0.4, 0.5) is 24.7 Å². The fraction of sp³-hybridized carbons (Fsp3) is 0.320. The van der Waals surface area contributed by atoms with Gasteiger partial charge in [-0.1, -0.05) is 24.3 Å². The highest BCUT2D eigenvalue weighted by Crippen LogP contribution is 2.37. The molecule has 1 aliphatic rings. The van der Waals surface area contributed by atoms with Crippen molar-refractivity contribution in [1.29, 1.82) is 0 Å². The van der Waals surface area contributed by atoms with Crippen molar-refractivity contribution < 1.29 is 23.1 Å². The normalized spacial score (nSPS) is 18.6. The molecule has 4 rings (SSSR count). The summed E-state index contributed by atoms with van der Waals surface area (Å²) in [6, 6.07) is 14.2. The lowest BCUT2D eigenvalue weighted by molar-refractivity contribution is -0.139. The van der Waals surface area contributed by atoms with E-state index in [9.17, 15) is 18.0 Å². The first kappa shape index (κ1) is 22.8. The second-order valence-electron chi connectivity index (χ2n) is 8.42. The third kappa shape index (κ3) is 5.88. The van der Waals surface area contributed by atoms with Crippen molar-refractivity contribution in [2.75, 3.05) is 5.32 Å². The fourth-order valence-electron chi connectivity index (χ4n) is 4.29. The highest BCUT2D eigenvalue weighted by atomic mass is 19.4. The number of nitrogens with one attached hydrogen (secondary N) is 1. The van der Waals surface area contributed by atoms with Gasteiger partial charge in [-0.3, -0.25) is 9.78 Å². The molecule has 1 aliphatic carbocycles. The first-order chi connectivity index (χ1) is 15.8. The fourth-order valence-corrected chi connectivity index (χ4v) is 4.29. The summed E-state index contributed by atoms with van der Waals surface area (Å²) in [4.78, 5) is 19.2. The maximum atomic E-state index is 12.6. The van der Waals surface area contributed by atoms with Crippen LogP contribution in [0, 0.1) is 5.92 Å². The average molecular weight is 455 g/mol.